The van der Waals surface area contributed by atoms with Gasteiger partial charge in [0.25, 0.3) is 0 Å². The first-order valence-electron chi connectivity index (χ1n) is 10.6. The summed E-state index contributed by atoms with van der Waals surface area (Å²) >= 11 is 3.84. The Bertz CT molecular complexity index is 865. The highest BCUT2D eigenvalue weighted by Crippen LogP contribution is 2.30. The third-order valence-corrected chi connectivity index (χ3v) is 11.2. The minimum absolute atomic E-state index is 0.0769. The van der Waals surface area contributed by atoms with Gasteiger partial charge in [0.15, 0.2) is 0 Å². The van der Waals surface area contributed by atoms with Gasteiger partial charge in [-0.3, -0.25) is 4.99 Å². The van der Waals surface area contributed by atoms with Crippen LogP contribution in [0.4, 0.5) is 0 Å². The van der Waals surface area contributed by atoms with Crippen LogP contribution in [0.1, 0.15) is 59.9 Å². The number of para-hydroxylation sites is 1. The largest absolute Gasteiger partial charge is 0.335 e. The first-order chi connectivity index (χ1) is 13.3. The summed E-state index contributed by atoms with van der Waals surface area (Å²) in [7, 11) is -1.32. The summed E-state index contributed by atoms with van der Waals surface area (Å²) in [6, 6.07) is 12.4. The lowest BCUT2D eigenvalue weighted by Gasteiger charge is -2.20. The molecule has 0 aliphatic heterocycles. The normalized spacial score (nSPS) is 12.5. The Morgan fingerprint density at radius 3 is 2.36 bits per heavy atom. The molecule has 1 aromatic heterocycles. The molecule has 2 nitrogen and oxygen atoms in total. The summed E-state index contributed by atoms with van der Waals surface area (Å²) in [4.78, 5) is 4.73. The topological polar surface area (TPSA) is 17.3 Å². The van der Waals surface area contributed by atoms with Gasteiger partial charge >= 0.3 is 0 Å². The number of halogens is 1. The minimum atomic E-state index is -1.32. The van der Waals surface area contributed by atoms with Crippen molar-refractivity contribution in [1.82, 2.24) is 4.57 Å². The SMILES string of the molecule is CC[Si](C#CCCCn1c(Br)c(C=NC(C)(C)C)c2ccccc21)(CC)CC. The number of hydrogen-bond donors (Lipinski definition) is 0. The van der Waals surface area contributed by atoms with E-state index in [4.69, 9.17) is 4.99 Å². The molecule has 0 unspecified atom stereocenters. The number of rotatable bonds is 7. The van der Waals surface area contributed by atoms with Gasteiger partial charge in [0.05, 0.1) is 10.1 Å². The van der Waals surface area contributed by atoms with E-state index in [1.54, 1.807) is 0 Å². The number of aliphatic imine (C=N–C) groups is 1. The van der Waals surface area contributed by atoms with Gasteiger partial charge in [-0.15, -0.1) is 11.5 Å². The van der Waals surface area contributed by atoms with Crippen LogP contribution in [0.15, 0.2) is 33.9 Å². The molecule has 0 amide bonds. The first kappa shape index (κ1) is 23.0. The molecular weight excluding hydrogens is 424 g/mol. The fraction of sp³-hybridized carbons (Fsp3) is 0.542. The van der Waals surface area contributed by atoms with Crippen molar-refractivity contribution in [3.8, 4) is 11.5 Å². The number of benzene rings is 1. The molecule has 0 radical (unpaired) electrons. The van der Waals surface area contributed by atoms with Gasteiger partial charge in [-0.2, -0.15) is 0 Å². The second-order valence-electron chi connectivity index (χ2n) is 8.55. The average molecular weight is 460 g/mol. The van der Waals surface area contributed by atoms with E-state index < -0.39 is 8.07 Å². The van der Waals surface area contributed by atoms with Crippen molar-refractivity contribution >= 4 is 41.1 Å². The molecule has 0 bridgehead atoms. The molecule has 0 spiro atoms. The molecule has 152 valence electrons. The zero-order chi connectivity index (χ0) is 20.8. The summed E-state index contributed by atoms with van der Waals surface area (Å²) in [6.07, 6.45) is 4.06. The predicted molar refractivity (Wildman–Crippen MR) is 131 cm³/mol. The highest BCUT2D eigenvalue weighted by atomic mass is 79.9. The van der Waals surface area contributed by atoms with Crippen LogP contribution < -0.4 is 0 Å². The van der Waals surface area contributed by atoms with Crippen molar-refractivity contribution in [3.05, 3.63) is 34.4 Å². The maximum atomic E-state index is 4.73. The van der Waals surface area contributed by atoms with Crippen LogP contribution in [0.5, 0.6) is 0 Å². The molecule has 1 heterocycles. The van der Waals surface area contributed by atoms with Gasteiger partial charge < -0.3 is 4.57 Å². The molecule has 2 rings (SSSR count). The lowest BCUT2D eigenvalue weighted by molar-refractivity contribution is 0.586. The van der Waals surface area contributed by atoms with E-state index in [2.05, 4.69) is 97.8 Å². The fourth-order valence-electron chi connectivity index (χ4n) is 3.49. The van der Waals surface area contributed by atoms with E-state index in [9.17, 15) is 0 Å². The first-order valence-corrected chi connectivity index (χ1v) is 14.0. The van der Waals surface area contributed by atoms with Crippen LogP contribution in [0, 0.1) is 11.5 Å². The maximum Gasteiger partial charge on any atom is 0.137 e. The summed E-state index contributed by atoms with van der Waals surface area (Å²) in [5.41, 5.74) is 6.07. The van der Waals surface area contributed by atoms with Crippen molar-refractivity contribution in [1.29, 1.82) is 0 Å². The summed E-state index contributed by atoms with van der Waals surface area (Å²) < 4.78 is 3.49. The second kappa shape index (κ2) is 9.94. The molecule has 0 atom stereocenters. The lowest BCUT2D eigenvalue weighted by Crippen LogP contribution is -2.29. The van der Waals surface area contributed by atoms with Crippen LogP contribution in [0.3, 0.4) is 0 Å². The zero-order valence-corrected chi connectivity index (χ0v) is 21.0. The number of unbranched alkanes of at least 4 members (excludes halogenated alkanes) is 1. The van der Waals surface area contributed by atoms with Crippen molar-refractivity contribution < 1.29 is 0 Å². The van der Waals surface area contributed by atoms with Crippen LogP contribution in [-0.2, 0) is 6.54 Å². The molecule has 2 aromatic rings. The Morgan fingerprint density at radius 1 is 1.11 bits per heavy atom. The second-order valence-corrected chi connectivity index (χ2v) is 14.2. The van der Waals surface area contributed by atoms with E-state index in [0.717, 1.165) is 24.0 Å². The smallest absolute Gasteiger partial charge is 0.137 e. The minimum Gasteiger partial charge on any atom is -0.335 e. The summed E-state index contributed by atoms with van der Waals surface area (Å²) in [6.45, 7) is 14.3. The molecule has 0 saturated heterocycles. The van der Waals surface area contributed by atoms with Crippen LogP contribution in [-0.4, -0.2) is 24.4 Å². The molecule has 28 heavy (non-hydrogen) atoms. The van der Waals surface area contributed by atoms with E-state index in [1.807, 2.05) is 6.21 Å². The Labute approximate surface area is 181 Å². The van der Waals surface area contributed by atoms with Gasteiger partial charge in [0, 0.05) is 35.6 Å². The van der Waals surface area contributed by atoms with Gasteiger partial charge in [0.2, 0.25) is 0 Å². The third-order valence-electron chi connectivity index (χ3n) is 5.59. The standard InChI is InChI=1S/C24H35BrN2Si/c1-7-28(8-2,9-3)18-14-10-13-17-27-22-16-12-11-15-20(22)21(23(27)25)19-26-24(4,5)6/h11-12,15-16,19H,7-10,13,17H2,1-6H3. The van der Waals surface area contributed by atoms with E-state index >= 15 is 0 Å². The number of aryl methyl sites for hydroxylation is 1. The highest BCUT2D eigenvalue weighted by Gasteiger charge is 2.23. The predicted octanol–water partition coefficient (Wildman–Crippen LogP) is 7.45. The molecule has 0 saturated carbocycles. The summed E-state index contributed by atoms with van der Waals surface area (Å²) in [5.74, 6) is 3.53. The van der Waals surface area contributed by atoms with Crippen LogP contribution in [0.2, 0.25) is 18.1 Å². The van der Waals surface area contributed by atoms with E-state index in [-0.39, 0.29) is 5.54 Å². The Hall–Kier alpha value is -1.31. The molecule has 0 fully saturated rings. The van der Waals surface area contributed by atoms with Crippen molar-refractivity contribution in [2.75, 3.05) is 0 Å². The Balaban J connectivity index is 2.20. The third kappa shape index (κ3) is 5.61. The van der Waals surface area contributed by atoms with Gasteiger partial charge in [-0.05, 0) is 67.3 Å². The van der Waals surface area contributed by atoms with Gasteiger partial charge in [-0.1, -0.05) is 39.0 Å². The molecule has 0 aliphatic rings. The van der Waals surface area contributed by atoms with Gasteiger partial charge in [0.1, 0.15) is 8.07 Å². The number of fused-ring (bicyclic) bond motifs is 1. The van der Waals surface area contributed by atoms with Gasteiger partial charge in [-0.25, -0.2) is 0 Å². The quantitative estimate of drug-likeness (QED) is 0.177. The lowest BCUT2D eigenvalue weighted by atomic mass is 10.1. The monoisotopic (exact) mass is 458 g/mol. The van der Waals surface area contributed by atoms with E-state index in [0.29, 0.717) is 0 Å². The summed E-state index contributed by atoms with van der Waals surface area (Å²) in [5, 5.41) is 1.25. The molecule has 0 aliphatic carbocycles. The molecular formula is C24H35BrN2Si. The Morgan fingerprint density at radius 2 is 1.75 bits per heavy atom. The highest BCUT2D eigenvalue weighted by molar-refractivity contribution is 9.10. The van der Waals surface area contributed by atoms with Crippen molar-refractivity contribution in [2.45, 2.75) is 84.6 Å². The van der Waals surface area contributed by atoms with Crippen molar-refractivity contribution in [2.24, 2.45) is 4.99 Å². The number of nitrogens with zero attached hydrogens (tertiary/aromatic N) is 2. The van der Waals surface area contributed by atoms with Crippen LogP contribution >= 0.6 is 15.9 Å². The zero-order valence-electron chi connectivity index (χ0n) is 18.4. The van der Waals surface area contributed by atoms with Crippen molar-refractivity contribution in [3.63, 3.8) is 0 Å². The number of aromatic nitrogens is 1. The van der Waals surface area contributed by atoms with Crippen LogP contribution in [0.25, 0.3) is 10.9 Å². The molecule has 1 aromatic carbocycles. The Kier molecular flexibility index (Phi) is 8.15. The molecule has 4 heteroatoms. The number of hydrogen-bond acceptors (Lipinski definition) is 1. The maximum absolute atomic E-state index is 4.73. The molecule has 0 N–H and O–H groups in total. The fourth-order valence-corrected chi connectivity index (χ4v) is 6.70. The average Bonchev–Trinajstić information content (AvgIpc) is 2.94. The van der Waals surface area contributed by atoms with E-state index in [1.165, 1.54) is 34.6 Å².